The Balaban J connectivity index is 1.37. The predicted molar refractivity (Wildman–Crippen MR) is 109 cm³/mol. The Bertz CT molecular complexity index is 889. The molecule has 0 bridgehead atoms. The second kappa shape index (κ2) is 9.62. The van der Waals surface area contributed by atoms with E-state index in [1.807, 2.05) is 0 Å². The van der Waals surface area contributed by atoms with E-state index in [0.29, 0.717) is 19.6 Å². The van der Waals surface area contributed by atoms with Gasteiger partial charge in [0, 0.05) is 57.1 Å². The molecule has 13 heteroatoms. The third-order valence-electron chi connectivity index (χ3n) is 6.84. The molecule has 0 N–H and O–H groups in total. The van der Waals surface area contributed by atoms with Gasteiger partial charge in [0.15, 0.2) is 0 Å². The first-order valence-corrected chi connectivity index (χ1v) is 11.3. The average Bonchev–Trinajstić information content (AvgIpc) is 3.47. The number of alkyl halides is 8. The van der Waals surface area contributed by atoms with Crippen molar-refractivity contribution in [2.75, 3.05) is 44.2 Å². The lowest BCUT2D eigenvalue weighted by molar-refractivity contribution is -0.308. The summed E-state index contributed by atoms with van der Waals surface area (Å²) in [6.45, 7) is 2.96. The topological polar surface area (TPSA) is 36.0 Å². The number of hydrogen-bond donors (Lipinski definition) is 0. The molecule has 1 amide bonds. The van der Waals surface area contributed by atoms with E-state index in [0.717, 1.165) is 42.1 Å². The maximum atomic E-state index is 13.2. The highest BCUT2D eigenvalue weighted by molar-refractivity contribution is 5.68. The third-order valence-corrected chi connectivity index (χ3v) is 6.84. The van der Waals surface area contributed by atoms with Crippen molar-refractivity contribution in [1.82, 2.24) is 9.80 Å². The van der Waals surface area contributed by atoms with E-state index in [1.54, 1.807) is 6.07 Å². The normalized spacial score (nSPS) is 23.6. The summed E-state index contributed by atoms with van der Waals surface area (Å²) in [6.07, 6.45) is -18.0. The van der Waals surface area contributed by atoms with Gasteiger partial charge in [-0.2, -0.15) is 26.3 Å². The summed E-state index contributed by atoms with van der Waals surface area (Å²) >= 11 is 0. The molecule has 196 valence electrons. The fourth-order valence-electron chi connectivity index (χ4n) is 5.21. The number of ether oxygens (including phenoxy) is 1. The zero-order chi connectivity index (χ0) is 25.5. The molecule has 0 aromatic heterocycles. The van der Waals surface area contributed by atoms with Gasteiger partial charge in [0.1, 0.15) is 0 Å². The van der Waals surface area contributed by atoms with Gasteiger partial charge in [-0.25, -0.2) is 13.6 Å². The molecule has 3 fully saturated rings. The number of fused-ring (bicyclic) bond motifs is 1. The molecule has 2 atom stereocenters. The van der Waals surface area contributed by atoms with Gasteiger partial charge < -0.3 is 14.5 Å². The number of halogens is 8. The lowest BCUT2D eigenvalue weighted by Gasteiger charge is -2.27. The highest BCUT2D eigenvalue weighted by Crippen LogP contribution is 2.38. The summed E-state index contributed by atoms with van der Waals surface area (Å²) in [5.41, 5.74) is 1.58. The molecule has 0 aliphatic carbocycles. The smallest absolute Gasteiger partial charge is 0.426 e. The standard InChI is InChI=1S/C22H25F8N3O2/c23-18(24)13-3-4-14(17(7-13)32-5-1-2-6-32)8-31-9-15-11-33(12-16(15)10-31)20(34)35-19(21(25,26)27)22(28,29)30/h3-4,7,15-16,18-19H,1-2,5-6,8-12H2. The number of anilines is 1. The molecule has 0 radical (unpaired) electrons. The number of likely N-dealkylation sites (tertiary alicyclic amines) is 2. The maximum absolute atomic E-state index is 13.2. The van der Waals surface area contributed by atoms with E-state index in [2.05, 4.69) is 14.5 Å². The Labute approximate surface area is 196 Å². The molecule has 2 unspecified atom stereocenters. The lowest BCUT2D eigenvalue weighted by Crippen LogP contribution is -2.48. The summed E-state index contributed by atoms with van der Waals surface area (Å²) < 4.78 is 106. The lowest BCUT2D eigenvalue weighted by atomic mass is 10.0. The molecular formula is C22H25F8N3O2. The van der Waals surface area contributed by atoms with E-state index in [9.17, 15) is 39.9 Å². The van der Waals surface area contributed by atoms with Crippen molar-refractivity contribution < 1.29 is 44.7 Å². The zero-order valence-electron chi connectivity index (χ0n) is 18.6. The minimum Gasteiger partial charge on any atom is -0.426 e. The van der Waals surface area contributed by atoms with E-state index in [4.69, 9.17) is 0 Å². The largest absolute Gasteiger partial charge is 0.434 e. The molecule has 5 nitrogen and oxygen atoms in total. The molecule has 3 aliphatic heterocycles. The van der Waals surface area contributed by atoms with Crippen LogP contribution in [0.2, 0.25) is 0 Å². The fraction of sp³-hybridized carbons (Fsp3) is 0.682. The Hall–Kier alpha value is -2.31. The van der Waals surface area contributed by atoms with E-state index >= 15 is 0 Å². The molecule has 35 heavy (non-hydrogen) atoms. The first-order valence-electron chi connectivity index (χ1n) is 11.3. The van der Waals surface area contributed by atoms with Gasteiger partial charge in [-0.1, -0.05) is 12.1 Å². The Kier molecular flexibility index (Phi) is 7.09. The van der Waals surface area contributed by atoms with Crippen LogP contribution in [0.5, 0.6) is 0 Å². The highest BCUT2D eigenvalue weighted by Gasteiger charge is 2.60. The average molecular weight is 515 g/mol. The minimum atomic E-state index is -5.76. The van der Waals surface area contributed by atoms with Crippen LogP contribution in [0.25, 0.3) is 0 Å². The van der Waals surface area contributed by atoms with Crippen molar-refractivity contribution in [2.45, 2.75) is 44.3 Å². The molecule has 4 rings (SSSR count). The van der Waals surface area contributed by atoms with Crippen molar-refractivity contribution in [3.05, 3.63) is 29.3 Å². The molecule has 3 heterocycles. The quantitative estimate of drug-likeness (QED) is 0.504. The molecule has 3 aliphatic rings. The summed E-state index contributed by atoms with van der Waals surface area (Å²) in [4.78, 5) is 17.1. The van der Waals surface area contributed by atoms with E-state index < -0.39 is 31.0 Å². The van der Waals surface area contributed by atoms with Crippen LogP contribution < -0.4 is 4.90 Å². The van der Waals surface area contributed by atoms with Gasteiger partial charge in [-0.15, -0.1) is 0 Å². The monoisotopic (exact) mass is 515 g/mol. The van der Waals surface area contributed by atoms with Crippen LogP contribution in [0.1, 0.15) is 30.4 Å². The summed E-state index contributed by atoms with van der Waals surface area (Å²) in [6, 6.07) is 4.59. The summed E-state index contributed by atoms with van der Waals surface area (Å²) in [5, 5.41) is 0. The molecule has 3 saturated heterocycles. The van der Waals surface area contributed by atoms with Crippen molar-refractivity contribution >= 4 is 11.8 Å². The van der Waals surface area contributed by atoms with Gasteiger partial charge in [-0.05, 0) is 36.3 Å². The summed E-state index contributed by atoms with van der Waals surface area (Å²) in [5.74, 6) is -0.262. The molecular weight excluding hydrogens is 490 g/mol. The van der Waals surface area contributed by atoms with E-state index in [1.165, 1.54) is 12.1 Å². The van der Waals surface area contributed by atoms with Crippen LogP contribution in [0.4, 0.5) is 45.6 Å². The van der Waals surface area contributed by atoms with Crippen molar-refractivity contribution in [2.24, 2.45) is 11.8 Å². The van der Waals surface area contributed by atoms with Crippen molar-refractivity contribution in [3.63, 3.8) is 0 Å². The van der Waals surface area contributed by atoms with Crippen LogP contribution >= 0.6 is 0 Å². The fourth-order valence-corrected chi connectivity index (χ4v) is 5.21. The number of carbonyl (C=O) groups excluding carboxylic acids is 1. The Morgan fingerprint density at radius 3 is 2.03 bits per heavy atom. The summed E-state index contributed by atoms with van der Waals surface area (Å²) in [7, 11) is 0. The van der Waals surface area contributed by atoms with Gasteiger partial charge in [0.25, 0.3) is 12.5 Å². The van der Waals surface area contributed by atoms with Gasteiger partial charge in [-0.3, -0.25) is 4.90 Å². The molecule has 1 aromatic carbocycles. The van der Waals surface area contributed by atoms with Crippen LogP contribution in [0, 0.1) is 11.8 Å². The van der Waals surface area contributed by atoms with Gasteiger partial charge >= 0.3 is 18.4 Å². The second-order valence-corrected chi connectivity index (χ2v) is 9.35. The highest BCUT2D eigenvalue weighted by atomic mass is 19.4. The maximum Gasteiger partial charge on any atom is 0.434 e. The molecule has 0 spiro atoms. The third kappa shape index (κ3) is 5.75. The van der Waals surface area contributed by atoms with Crippen LogP contribution in [0.15, 0.2) is 18.2 Å². The molecule has 0 saturated carbocycles. The number of carbonyl (C=O) groups is 1. The minimum absolute atomic E-state index is 0.00820. The first-order chi connectivity index (χ1) is 16.3. The number of benzene rings is 1. The number of nitrogens with zero attached hydrogens (tertiary/aromatic N) is 3. The molecule has 1 aromatic rings. The SMILES string of the molecule is O=C(OC(C(F)(F)F)C(F)(F)F)N1CC2CN(Cc3ccc(C(F)F)cc3N3CCCC3)CC2C1. The predicted octanol–water partition coefficient (Wildman–Crippen LogP) is 5.22. The first kappa shape index (κ1) is 25.8. The van der Waals surface area contributed by atoms with Gasteiger partial charge in [0.2, 0.25) is 0 Å². The van der Waals surface area contributed by atoms with Gasteiger partial charge in [0.05, 0.1) is 0 Å². The van der Waals surface area contributed by atoms with Crippen molar-refractivity contribution in [1.29, 1.82) is 0 Å². The number of amides is 1. The van der Waals surface area contributed by atoms with Crippen LogP contribution in [0.3, 0.4) is 0 Å². The Morgan fingerprint density at radius 1 is 0.943 bits per heavy atom. The van der Waals surface area contributed by atoms with Crippen molar-refractivity contribution in [3.8, 4) is 0 Å². The van der Waals surface area contributed by atoms with Crippen LogP contribution in [-0.2, 0) is 11.3 Å². The van der Waals surface area contributed by atoms with Crippen LogP contribution in [-0.4, -0.2) is 73.6 Å². The number of rotatable bonds is 5. The number of hydrogen-bond acceptors (Lipinski definition) is 4. The second-order valence-electron chi connectivity index (χ2n) is 9.35. The Morgan fingerprint density at radius 2 is 1.51 bits per heavy atom. The van der Waals surface area contributed by atoms with E-state index in [-0.39, 0.29) is 30.5 Å². The zero-order valence-corrected chi connectivity index (χ0v) is 18.6.